The first-order valence-corrected chi connectivity index (χ1v) is 8.39. The molecule has 25 heavy (non-hydrogen) atoms. The minimum atomic E-state index is -0.192. The molecule has 2 rings (SSSR count). The van der Waals surface area contributed by atoms with E-state index in [1.165, 1.54) is 5.56 Å². The third kappa shape index (κ3) is 5.14. The number of hydrogen-bond acceptors (Lipinski definition) is 3. The summed E-state index contributed by atoms with van der Waals surface area (Å²) in [5.41, 5.74) is 3.25. The highest BCUT2D eigenvalue weighted by atomic mass is 16.5. The molecule has 134 valence electrons. The molecule has 0 saturated carbocycles. The van der Waals surface area contributed by atoms with Crippen molar-refractivity contribution in [3.8, 4) is 11.5 Å². The van der Waals surface area contributed by atoms with Gasteiger partial charge in [-0.15, -0.1) is 0 Å². The Labute approximate surface area is 149 Å². The first kappa shape index (κ1) is 18.6. The van der Waals surface area contributed by atoms with Gasteiger partial charge in [-0.2, -0.15) is 0 Å². The van der Waals surface area contributed by atoms with Gasteiger partial charge in [-0.25, -0.2) is 4.79 Å². The summed E-state index contributed by atoms with van der Waals surface area (Å²) in [5, 5.41) is 5.91. The zero-order valence-electron chi connectivity index (χ0n) is 15.3. The summed E-state index contributed by atoms with van der Waals surface area (Å²) >= 11 is 0. The van der Waals surface area contributed by atoms with Crippen LogP contribution in [0.5, 0.6) is 11.5 Å². The van der Waals surface area contributed by atoms with Crippen LogP contribution in [0.25, 0.3) is 0 Å². The first-order chi connectivity index (χ1) is 12.1. The van der Waals surface area contributed by atoms with E-state index in [1.807, 2.05) is 25.1 Å². The van der Waals surface area contributed by atoms with Gasteiger partial charge >= 0.3 is 6.03 Å². The molecule has 0 aliphatic rings. The van der Waals surface area contributed by atoms with Gasteiger partial charge in [0.2, 0.25) is 0 Å². The molecule has 0 aliphatic heterocycles. The van der Waals surface area contributed by atoms with Crippen LogP contribution < -0.4 is 20.1 Å². The largest absolute Gasteiger partial charge is 0.493 e. The molecule has 2 aromatic rings. The molecule has 0 fully saturated rings. The van der Waals surface area contributed by atoms with Crippen LogP contribution in [0.4, 0.5) is 4.79 Å². The number of carbonyl (C=O) groups is 1. The first-order valence-electron chi connectivity index (χ1n) is 8.39. The van der Waals surface area contributed by atoms with Gasteiger partial charge in [-0.05, 0) is 36.6 Å². The second kappa shape index (κ2) is 8.97. The molecule has 0 spiro atoms. The van der Waals surface area contributed by atoms with Gasteiger partial charge in [0, 0.05) is 6.54 Å². The molecule has 0 aromatic heterocycles. The van der Waals surface area contributed by atoms with Crippen LogP contribution in [0.1, 0.15) is 36.1 Å². The van der Waals surface area contributed by atoms with Gasteiger partial charge in [0.15, 0.2) is 11.5 Å². The standard InChI is InChI=1S/C20H26N2O3/c1-5-17(16-9-6-14(2)7-10-16)22-20(23)21-13-15-8-11-18(24-3)19(12-15)25-4/h6-12,17H,5,13H2,1-4H3,(H2,21,22,23)/t17-/m1/s1. The van der Waals surface area contributed by atoms with E-state index < -0.39 is 0 Å². The summed E-state index contributed by atoms with van der Waals surface area (Å²) < 4.78 is 10.5. The Morgan fingerprint density at radius 2 is 1.72 bits per heavy atom. The predicted molar refractivity (Wildman–Crippen MR) is 99.1 cm³/mol. The van der Waals surface area contributed by atoms with Gasteiger partial charge in [-0.1, -0.05) is 42.8 Å². The molecule has 0 heterocycles. The Kier molecular flexibility index (Phi) is 6.69. The Bertz CT molecular complexity index is 699. The number of ether oxygens (including phenoxy) is 2. The summed E-state index contributed by atoms with van der Waals surface area (Å²) in [6.45, 7) is 4.52. The third-order valence-corrected chi connectivity index (χ3v) is 4.09. The maximum atomic E-state index is 12.2. The number of benzene rings is 2. The Morgan fingerprint density at radius 3 is 2.32 bits per heavy atom. The lowest BCUT2D eigenvalue weighted by Crippen LogP contribution is -2.37. The molecule has 0 radical (unpaired) electrons. The van der Waals surface area contributed by atoms with Crippen LogP contribution in [0.15, 0.2) is 42.5 Å². The monoisotopic (exact) mass is 342 g/mol. The lowest BCUT2D eigenvalue weighted by molar-refractivity contribution is 0.236. The lowest BCUT2D eigenvalue weighted by atomic mass is 10.0. The van der Waals surface area contributed by atoms with Gasteiger partial charge in [0.1, 0.15) is 0 Å². The molecule has 0 bridgehead atoms. The quantitative estimate of drug-likeness (QED) is 0.800. The number of hydrogen-bond donors (Lipinski definition) is 2. The second-order valence-electron chi connectivity index (χ2n) is 5.89. The van der Waals surface area contributed by atoms with E-state index in [-0.39, 0.29) is 12.1 Å². The minimum absolute atomic E-state index is 0.00833. The van der Waals surface area contributed by atoms with Crippen molar-refractivity contribution >= 4 is 6.03 Å². The van der Waals surface area contributed by atoms with Crippen molar-refractivity contribution in [3.05, 3.63) is 59.2 Å². The number of amides is 2. The molecule has 1 atom stereocenters. The van der Waals surface area contributed by atoms with Crippen LogP contribution >= 0.6 is 0 Å². The molecule has 2 N–H and O–H groups in total. The van der Waals surface area contributed by atoms with Crippen molar-refractivity contribution in [2.24, 2.45) is 0 Å². The van der Waals surface area contributed by atoms with Crippen molar-refractivity contribution in [1.29, 1.82) is 0 Å². The Hall–Kier alpha value is -2.69. The summed E-state index contributed by atoms with van der Waals surface area (Å²) in [5.74, 6) is 1.31. The van der Waals surface area contributed by atoms with Crippen LogP contribution in [0, 0.1) is 6.92 Å². The highest BCUT2D eigenvalue weighted by molar-refractivity contribution is 5.74. The van der Waals surface area contributed by atoms with E-state index in [0.717, 1.165) is 17.5 Å². The molecule has 0 aliphatic carbocycles. The fourth-order valence-corrected chi connectivity index (χ4v) is 2.60. The van der Waals surface area contributed by atoms with Crippen molar-refractivity contribution in [3.63, 3.8) is 0 Å². The van der Waals surface area contributed by atoms with Crippen LogP contribution in [0.3, 0.4) is 0 Å². The Balaban J connectivity index is 1.94. The maximum Gasteiger partial charge on any atom is 0.315 e. The molecule has 2 amide bonds. The fraction of sp³-hybridized carbons (Fsp3) is 0.350. The average molecular weight is 342 g/mol. The number of urea groups is 1. The molecular weight excluding hydrogens is 316 g/mol. The molecule has 0 unspecified atom stereocenters. The number of rotatable bonds is 7. The van der Waals surface area contributed by atoms with Crippen molar-refractivity contribution in [2.75, 3.05) is 14.2 Å². The predicted octanol–water partition coefficient (Wildman–Crippen LogP) is 3.96. The summed E-state index contributed by atoms with van der Waals surface area (Å²) in [7, 11) is 3.19. The van der Waals surface area contributed by atoms with Crippen molar-refractivity contribution in [2.45, 2.75) is 32.9 Å². The van der Waals surface area contributed by atoms with Gasteiger partial charge < -0.3 is 20.1 Å². The van der Waals surface area contributed by atoms with E-state index >= 15 is 0 Å². The summed E-state index contributed by atoms with van der Waals surface area (Å²) in [6, 6.07) is 13.6. The number of methoxy groups -OCH3 is 2. The van der Waals surface area contributed by atoms with Gasteiger partial charge in [-0.3, -0.25) is 0 Å². The van der Waals surface area contributed by atoms with Crippen molar-refractivity contribution in [1.82, 2.24) is 10.6 Å². The lowest BCUT2D eigenvalue weighted by Gasteiger charge is -2.18. The highest BCUT2D eigenvalue weighted by Gasteiger charge is 2.12. The highest BCUT2D eigenvalue weighted by Crippen LogP contribution is 2.27. The smallest absolute Gasteiger partial charge is 0.315 e. The van der Waals surface area contributed by atoms with E-state index in [1.54, 1.807) is 14.2 Å². The number of aryl methyl sites for hydroxylation is 1. The minimum Gasteiger partial charge on any atom is -0.493 e. The van der Waals surface area contributed by atoms with Crippen molar-refractivity contribution < 1.29 is 14.3 Å². The van der Waals surface area contributed by atoms with Crippen LogP contribution in [-0.2, 0) is 6.54 Å². The third-order valence-electron chi connectivity index (χ3n) is 4.09. The van der Waals surface area contributed by atoms with E-state index in [0.29, 0.717) is 18.0 Å². The molecule has 5 nitrogen and oxygen atoms in total. The van der Waals surface area contributed by atoms with E-state index in [4.69, 9.17) is 9.47 Å². The zero-order chi connectivity index (χ0) is 18.2. The van der Waals surface area contributed by atoms with Crippen LogP contribution in [-0.4, -0.2) is 20.3 Å². The maximum absolute atomic E-state index is 12.2. The number of nitrogens with one attached hydrogen (secondary N) is 2. The van der Waals surface area contributed by atoms with Gasteiger partial charge in [0.05, 0.1) is 20.3 Å². The molecule has 0 saturated heterocycles. The zero-order valence-corrected chi connectivity index (χ0v) is 15.3. The fourth-order valence-electron chi connectivity index (χ4n) is 2.60. The molecule has 5 heteroatoms. The van der Waals surface area contributed by atoms with Crippen LogP contribution in [0.2, 0.25) is 0 Å². The molecule has 2 aromatic carbocycles. The van der Waals surface area contributed by atoms with E-state index in [9.17, 15) is 4.79 Å². The van der Waals surface area contributed by atoms with Gasteiger partial charge in [0.25, 0.3) is 0 Å². The van der Waals surface area contributed by atoms with E-state index in [2.05, 4.69) is 41.8 Å². The normalized spacial score (nSPS) is 11.5. The summed E-state index contributed by atoms with van der Waals surface area (Å²) in [6.07, 6.45) is 0.826. The number of carbonyl (C=O) groups excluding carboxylic acids is 1. The topological polar surface area (TPSA) is 59.6 Å². The average Bonchev–Trinajstić information content (AvgIpc) is 2.64. The SMILES string of the molecule is CC[C@@H](NC(=O)NCc1ccc(OC)c(OC)c1)c1ccc(C)cc1. The second-order valence-corrected chi connectivity index (χ2v) is 5.89. The Morgan fingerprint density at radius 1 is 1.04 bits per heavy atom. The summed E-state index contributed by atoms with van der Waals surface area (Å²) in [4.78, 5) is 12.2. The molecular formula is C20H26N2O3.